The highest BCUT2D eigenvalue weighted by Crippen LogP contribution is 2.28. The fourth-order valence-electron chi connectivity index (χ4n) is 1.50. The van der Waals surface area contributed by atoms with Crippen molar-refractivity contribution in [1.29, 1.82) is 0 Å². The van der Waals surface area contributed by atoms with E-state index < -0.39 is 0 Å². The van der Waals surface area contributed by atoms with Gasteiger partial charge in [-0.25, -0.2) is 4.98 Å². The summed E-state index contributed by atoms with van der Waals surface area (Å²) in [6.45, 7) is 3.82. The van der Waals surface area contributed by atoms with Crippen LogP contribution in [0.4, 0.5) is 17.2 Å². The van der Waals surface area contributed by atoms with Crippen molar-refractivity contribution >= 4 is 28.8 Å². The molecule has 0 spiro atoms. The molecule has 3 N–H and O–H groups in total. The molecule has 0 fully saturated rings. The summed E-state index contributed by atoms with van der Waals surface area (Å²) >= 11 is 5.92. The van der Waals surface area contributed by atoms with Crippen molar-refractivity contribution in [3.05, 3.63) is 35.6 Å². The van der Waals surface area contributed by atoms with Gasteiger partial charge in [0.2, 0.25) is 5.88 Å². The van der Waals surface area contributed by atoms with E-state index in [2.05, 4.69) is 15.3 Å². The molecule has 100 valence electrons. The van der Waals surface area contributed by atoms with Crippen LogP contribution < -0.4 is 15.8 Å². The van der Waals surface area contributed by atoms with Gasteiger partial charge in [-0.3, -0.25) is 0 Å². The highest BCUT2D eigenvalue weighted by atomic mass is 35.5. The normalized spacial score (nSPS) is 10.5. The first kappa shape index (κ1) is 13.4. The van der Waals surface area contributed by atoms with Crippen LogP contribution in [0.2, 0.25) is 5.02 Å². The maximum atomic E-state index is 5.97. The molecule has 0 aliphatic heterocycles. The van der Waals surface area contributed by atoms with E-state index in [9.17, 15) is 0 Å². The van der Waals surface area contributed by atoms with Gasteiger partial charge in [0.25, 0.3) is 0 Å². The molecule has 0 saturated heterocycles. The van der Waals surface area contributed by atoms with E-state index in [0.29, 0.717) is 22.4 Å². The minimum atomic E-state index is -0.00350. The van der Waals surface area contributed by atoms with Gasteiger partial charge in [0.05, 0.1) is 6.10 Å². The molecular formula is C13H15ClN4O. The predicted molar refractivity (Wildman–Crippen MR) is 76.9 cm³/mol. The fraction of sp³-hybridized carbons (Fsp3) is 0.231. The van der Waals surface area contributed by atoms with Gasteiger partial charge >= 0.3 is 0 Å². The number of nitrogens with two attached hydrogens (primary N) is 1. The largest absolute Gasteiger partial charge is 0.473 e. The van der Waals surface area contributed by atoms with Crippen LogP contribution in [0.5, 0.6) is 5.88 Å². The predicted octanol–water partition coefficient (Wildman–Crippen LogP) is 3.24. The summed E-state index contributed by atoms with van der Waals surface area (Å²) < 4.78 is 5.50. The van der Waals surface area contributed by atoms with Crippen molar-refractivity contribution in [3.63, 3.8) is 0 Å². The van der Waals surface area contributed by atoms with Crippen molar-refractivity contribution in [2.75, 3.05) is 11.1 Å². The van der Waals surface area contributed by atoms with E-state index in [4.69, 9.17) is 22.1 Å². The minimum absolute atomic E-state index is 0.00350. The Labute approximate surface area is 116 Å². The lowest BCUT2D eigenvalue weighted by molar-refractivity contribution is 0.234. The Hall–Kier alpha value is -2.01. The van der Waals surface area contributed by atoms with Gasteiger partial charge in [-0.05, 0) is 32.0 Å². The Bertz CT molecular complexity index is 574. The minimum Gasteiger partial charge on any atom is -0.473 e. The fourth-order valence-corrected chi connectivity index (χ4v) is 1.69. The van der Waals surface area contributed by atoms with Crippen molar-refractivity contribution in [2.45, 2.75) is 20.0 Å². The number of nitrogen functional groups attached to an aromatic ring is 1. The molecule has 0 aliphatic carbocycles. The summed E-state index contributed by atoms with van der Waals surface area (Å²) in [6.07, 6.45) is 1.40. The van der Waals surface area contributed by atoms with E-state index in [1.54, 1.807) is 12.1 Å². The number of nitrogens with zero attached hydrogens (tertiary/aromatic N) is 2. The molecule has 0 atom stereocenters. The number of anilines is 3. The molecule has 5 nitrogen and oxygen atoms in total. The quantitative estimate of drug-likeness (QED) is 0.898. The lowest BCUT2D eigenvalue weighted by Crippen LogP contribution is -2.10. The van der Waals surface area contributed by atoms with Gasteiger partial charge in [-0.1, -0.05) is 17.7 Å². The average Bonchev–Trinajstić information content (AvgIpc) is 2.34. The van der Waals surface area contributed by atoms with E-state index in [1.807, 2.05) is 26.0 Å². The molecule has 2 aromatic rings. The number of hydrogen-bond donors (Lipinski definition) is 2. The monoisotopic (exact) mass is 278 g/mol. The van der Waals surface area contributed by atoms with Gasteiger partial charge in [0.15, 0.2) is 5.82 Å². The first-order chi connectivity index (χ1) is 9.06. The SMILES string of the molecule is CC(C)Oc1ncnc(Nc2cccc(Cl)c2)c1N. The van der Waals surface area contributed by atoms with Crippen molar-refractivity contribution in [1.82, 2.24) is 9.97 Å². The van der Waals surface area contributed by atoms with E-state index in [-0.39, 0.29) is 6.10 Å². The van der Waals surface area contributed by atoms with Gasteiger partial charge in [0, 0.05) is 10.7 Å². The van der Waals surface area contributed by atoms with Crippen LogP contribution in [-0.4, -0.2) is 16.1 Å². The number of ether oxygens (including phenoxy) is 1. The lowest BCUT2D eigenvalue weighted by atomic mass is 10.3. The first-order valence-corrected chi connectivity index (χ1v) is 6.24. The van der Waals surface area contributed by atoms with Crippen LogP contribution in [0.1, 0.15) is 13.8 Å². The molecule has 0 aliphatic rings. The highest BCUT2D eigenvalue weighted by molar-refractivity contribution is 6.30. The summed E-state index contributed by atoms with van der Waals surface area (Å²) in [7, 11) is 0. The number of benzene rings is 1. The zero-order valence-electron chi connectivity index (χ0n) is 10.7. The zero-order chi connectivity index (χ0) is 13.8. The molecular weight excluding hydrogens is 264 g/mol. The highest BCUT2D eigenvalue weighted by Gasteiger charge is 2.10. The van der Waals surface area contributed by atoms with Gasteiger partial charge in [-0.2, -0.15) is 4.98 Å². The molecule has 0 unspecified atom stereocenters. The van der Waals surface area contributed by atoms with Crippen LogP contribution in [0.3, 0.4) is 0 Å². The third-order valence-corrected chi connectivity index (χ3v) is 2.52. The molecule has 6 heteroatoms. The number of rotatable bonds is 4. The Morgan fingerprint density at radius 3 is 2.79 bits per heavy atom. The second kappa shape index (κ2) is 5.75. The molecule has 19 heavy (non-hydrogen) atoms. The zero-order valence-corrected chi connectivity index (χ0v) is 11.5. The number of hydrogen-bond acceptors (Lipinski definition) is 5. The second-order valence-corrected chi connectivity index (χ2v) is 4.68. The molecule has 0 radical (unpaired) electrons. The van der Waals surface area contributed by atoms with Crippen LogP contribution in [0.25, 0.3) is 0 Å². The van der Waals surface area contributed by atoms with Crippen molar-refractivity contribution < 1.29 is 4.74 Å². The summed E-state index contributed by atoms with van der Waals surface area (Å²) in [5.74, 6) is 0.863. The molecule has 2 rings (SSSR count). The molecule has 1 aromatic heterocycles. The molecule has 1 aromatic carbocycles. The third kappa shape index (κ3) is 3.48. The standard InChI is InChI=1S/C13H15ClN4O/c1-8(2)19-13-11(15)12(16-7-17-13)18-10-5-3-4-9(14)6-10/h3-8H,15H2,1-2H3,(H,16,17,18). The third-order valence-electron chi connectivity index (χ3n) is 2.28. The van der Waals surface area contributed by atoms with Crippen molar-refractivity contribution in [3.8, 4) is 5.88 Å². The van der Waals surface area contributed by atoms with E-state index in [1.165, 1.54) is 6.33 Å². The lowest BCUT2D eigenvalue weighted by Gasteiger charge is -2.13. The topological polar surface area (TPSA) is 73.1 Å². The van der Waals surface area contributed by atoms with Gasteiger partial charge in [-0.15, -0.1) is 0 Å². The maximum Gasteiger partial charge on any atom is 0.242 e. The molecule has 0 saturated carbocycles. The first-order valence-electron chi connectivity index (χ1n) is 5.86. The summed E-state index contributed by atoms with van der Waals surface area (Å²) in [4.78, 5) is 8.11. The Kier molecular flexibility index (Phi) is 4.06. The maximum absolute atomic E-state index is 5.97. The summed E-state index contributed by atoms with van der Waals surface area (Å²) in [5, 5.41) is 3.72. The smallest absolute Gasteiger partial charge is 0.242 e. The van der Waals surface area contributed by atoms with Crippen LogP contribution in [0.15, 0.2) is 30.6 Å². The summed E-state index contributed by atoms with van der Waals surface area (Å²) in [5.41, 5.74) is 7.14. The molecule has 1 heterocycles. The van der Waals surface area contributed by atoms with Crippen LogP contribution >= 0.6 is 11.6 Å². The number of halogens is 1. The average molecular weight is 279 g/mol. The van der Waals surface area contributed by atoms with Crippen molar-refractivity contribution in [2.24, 2.45) is 0 Å². The van der Waals surface area contributed by atoms with Gasteiger partial charge in [0.1, 0.15) is 12.0 Å². The Morgan fingerprint density at radius 2 is 2.11 bits per heavy atom. The molecule has 0 amide bonds. The summed E-state index contributed by atoms with van der Waals surface area (Å²) in [6, 6.07) is 7.29. The van der Waals surface area contributed by atoms with E-state index in [0.717, 1.165) is 5.69 Å². The van der Waals surface area contributed by atoms with E-state index >= 15 is 0 Å². The number of aromatic nitrogens is 2. The second-order valence-electron chi connectivity index (χ2n) is 4.24. The van der Waals surface area contributed by atoms with Gasteiger partial charge < -0.3 is 15.8 Å². The Balaban J connectivity index is 2.25. The Morgan fingerprint density at radius 1 is 1.32 bits per heavy atom. The van der Waals surface area contributed by atoms with Crippen LogP contribution in [-0.2, 0) is 0 Å². The molecule has 0 bridgehead atoms. The number of nitrogens with one attached hydrogen (secondary N) is 1. The van der Waals surface area contributed by atoms with Crippen LogP contribution in [0, 0.1) is 0 Å².